The van der Waals surface area contributed by atoms with Gasteiger partial charge in [-0.05, 0) is 29.2 Å². The predicted octanol–water partition coefficient (Wildman–Crippen LogP) is 4.75. The fourth-order valence-electron chi connectivity index (χ4n) is 2.89. The van der Waals surface area contributed by atoms with Gasteiger partial charge in [0.25, 0.3) is 0 Å². The van der Waals surface area contributed by atoms with Crippen LogP contribution in [0.2, 0.25) is 0 Å². The van der Waals surface area contributed by atoms with Gasteiger partial charge in [-0.15, -0.1) is 0 Å². The molecular weight excluding hydrogens is 260 g/mol. The van der Waals surface area contributed by atoms with E-state index in [-0.39, 0.29) is 12.5 Å². The van der Waals surface area contributed by atoms with Crippen LogP contribution in [0, 0.1) is 5.92 Å². The summed E-state index contributed by atoms with van der Waals surface area (Å²) in [7, 11) is 1.71. The molecule has 21 heavy (non-hydrogen) atoms. The van der Waals surface area contributed by atoms with Crippen LogP contribution in [0.15, 0.2) is 36.4 Å². The summed E-state index contributed by atoms with van der Waals surface area (Å²) in [6, 6.07) is 12.4. The van der Waals surface area contributed by atoms with Crippen molar-refractivity contribution < 1.29 is 9.84 Å². The average molecular weight is 286 g/mol. The largest absolute Gasteiger partial charge is 0.496 e. The number of ether oxygens (including phenoxy) is 1. The molecule has 0 aliphatic rings. The Bertz CT molecular complexity index is 577. The smallest absolute Gasteiger partial charge is 0.123 e. The van der Waals surface area contributed by atoms with Crippen molar-refractivity contribution in [2.24, 2.45) is 5.92 Å². The zero-order valence-corrected chi connectivity index (χ0v) is 13.3. The van der Waals surface area contributed by atoms with Gasteiger partial charge in [-0.3, -0.25) is 0 Å². The van der Waals surface area contributed by atoms with Crippen LogP contribution in [-0.4, -0.2) is 18.8 Å². The van der Waals surface area contributed by atoms with Gasteiger partial charge in [0, 0.05) is 11.5 Å². The number of aliphatic hydroxyl groups is 1. The van der Waals surface area contributed by atoms with Gasteiger partial charge in [0.15, 0.2) is 0 Å². The molecule has 0 spiro atoms. The molecule has 114 valence electrons. The van der Waals surface area contributed by atoms with E-state index in [9.17, 15) is 5.11 Å². The molecule has 0 bridgehead atoms. The molecule has 0 amide bonds. The van der Waals surface area contributed by atoms with Gasteiger partial charge in [-0.1, -0.05) is 57.0 Å². The summed E-state index contributed by atoms with van der Waals surface area (Å²) in [5.74, 6) is 1.72. The first kappa shape index (κ1) is 15.8. The van der Waals surface area contributed by atoms with E-state index in [0.717, 1.165) is 24.2 Å². The number of hydrogen-bond donors (Lipinski definition) is 1. The SMILES string of the molecule is CCC(C)CCC(CO)c1c(OC)ccc2ccccc12. The highest BCUT2D eigenvalue weighted by atomic mass is 16.5. The van der Waals surface area contributed by atoms with Gasteiger partial charge in [-0.25, -0.2) is 0 Å². The lowest BCUT2D eigenvalue weighted by Crippen LogP contribution is -2.09. The number of hydrogen-bond acceptors (Lipinski definition) is 2. The highest BCUT2D eigenvalue weighted by molar-refractivity contribution is 5.88. The third kappa shape index (κ3) is 3.56. The Morgan fingerprint density at radius 3 is 2.52 bits per heavy atom. The van der Waals surface area contributed by atoms with Crippen LogP contribution < -0.4 is 4.74 Å². The van der Waals surface area contributed by atoms with Crippen molar-refractivity contribution in [3.05, 3.63) is 42.0 Å². The standard InChI is InChI=1S/C19H26O2/c1-4-14(2)9-10-16(13-20)19-17-8-6-5-7-15(17)11-12-18(19)21-3/h5-8,11-12,14,16,20H,4,9-10,13H2,1-3H3. The summed E-state index contributed by atoms with van der Waals surface area (Å²) in [6.07, 6.45) is 3.31. The summed E-state index contributed by atoms with van der Waals surface area (Å²) in [5, 5.41) is 12.3. The Balaban J connectivity index is 2.40. The molecule has 0 fully saturated rings. The Morgan fingerprint density at radius 2 is 1.86 bits per heavy atom. The number of aliphatic hydroxyl groups excluding tert-OH is 1. The van der Waals surface area contributed by atoms with Crippen LogP contribution in [0.5, 0.6) is 5.75 Å². The molecule has 2 aromatic carbocycles. The van der Waals surface area contributed by atoms with Gasteiger partial charge in [0.05, 0.1) is 13.7 Å². The summed E-state index contributed by atoms with van der Waals surface area (Å²) >= 11 is 0. The van der Waals surface area contributed by atoms with Crippen molar-refractivity contribution in [3.63, 3.8) is 0 Å². The molecule has 2 heteroatoms. The van der Waals surface area contributed by atoms with Crippen molar-refractivity contribution in [1.29, 1.82) is 0 Å². The number of fused-ring (bicyclic) bond motifs is 1. The number of benzene rings is 2. The quantitative estimate of drug-likeness (QED) is 0.796. The van der Waals surface area contributed by atoms with Crippen LogP contribution in [-0.2, 0) is 0 Å². The van der Waals surface area contributed by atoms with Crippen LogP contribution in [0.3, 0.4) is 0 Å². The first-order valence-corrected chi connectivity index (χ1v) is 7.87. The summed E-state index contributed by atoms with van der Waals surface area (Å²) in [5.41, 5.74) is 1.15. The molecule has 2 aromatic rings. The maximum absolute atomic E-state index is 9.89. The average Bonchev–Trinajstić information content (AvgIpc) is 2.54. The molecule has 0 saturated carbocycles. The molecule has 2 rings (SSSR count). The molecule has 0 radical (unpaired) electrons. The second-order valence-electron chi connectivity index (χ2n) is 5.87. The number of methoxy groups -OCH3 is 1. The van der Waals surface area contributed by atoms with E-state index in [2.05, 4.69) is 32.0 Å². The fraction of sp³-hybridized carbons (Fsp3) is 0.474. The molecule has 1 N–H and O–H groups in total. The Kier molecular flexibility index (Phi) is 5.63. The maximum atomic E-state index is 9.89. The van der Waals surface area contributed by atoms with E-state index in [1.807, 2.05) is 18.2 Å². The maximum Gasteiger partial charge on any atom is 0.123 e. The third-order valence-electron chi connectivity index (χ3n) is 4.48. The van der Waals surface area contributed by atoms with Crippen LogP contribution in [0.1, 0.15) is 44.6 Å². The van der Waals surface area contributed by atoms with E-state index in [0.29, 0.717) is 5.92 Å². The van der Waals surface area contributed by atoms with Gasteiger partial charge >= 0.3 is 0 Å². The minimum absolute atomic E-state index is 0.139. The zero-order valence-electron chi connectivity index (χ0n) is 13.3. The topological polar surface area (TPSA) is 29.5 Å². The highest BCUT2D eigenvalue weighted by Crippen LogP contribution is 2.36. The van der Waals surface area contributed by atoms with Gasteiger partial charge in [0.2, 0.25) is 0 Å². The van der Waals surface area contributed by atoms with Gasteiger partial charge in [0.1, 0.15) is 5.75 Å². The normalized spacial score (nSPS) is 14.1. The Hall–Kier alpha value is -1.54. The fourth-order valence-corrected chi connectivity index (χ4v) is 2.89. The van der Waals surface area contributed by atoms with E-state index < -0.39 is 0 Å². The Morgan fingerprint density at radius 1 is 1.10 bits per heavy atom. The van der Waals surface area contributed by atoms with Crippen molar-refractivity contribution >= 4 is 10.8 Å². The lowest BCUT2D eigenvalue weighted by molar-refractivity contribution is 0.249. The predicted molar refractivity (Wildman–Crippen MR) is 89.0 cm³/mol. The minimum atomic E-state index is 0.139. The third-order valence-corrected chi connectivity index (χ3v) is 4.48. The summed E-state index contributed by atoms with van der Waals surface area (Å²) in [6.45, 7) is 4.66. The molecule has 0 aliphatic carbocycles. The zero-order chi connectivity index (χ0) is 15.2. The molecule has 2 atom stereocenters. The highest BCUT2D eigenvalue weighted by Gasteiger charge is 2.19. The van der Waals surface area contributed by atoms with Crippen LogP contribution in [0.4, 0.5) is 0 Å². The monoisotopic (exact) mass is 286 g/mol. The second-order valence-corrected chi connectivity index (χ2v) is 5.87. The van der Waals surface area contributed by atoms with Crippen molar-refractivity contribution in [1.82, 2.24) is 0 Å². The molecular formula is C19H26O2. The molecule has 0 aliphatic heterocycles. The summed E-state index contributed by atoms with van der Waals surface area (Å²) in [4.78, 5) is 0. The van der Waals surface area contributed by atoms with Crippen molar-refractivity contribution in [2.75, 3.05) is 13.7 Å². The lowest BCUT2D eigenvalue weighted by Gasteiger charge is -2.21. The minimum Gasteiger partial charge on any atom is -0.496 e. The van der Waals surface area contributed by atoms with Gasteiger partial charge < -0.3 is 9.84 Å². The number of rotatable bonds is 7. The molecule has 2 nitrogen and oxygen atoms in total. The van der Waals surface area contributed by atoms with E-state index in [1.165, 1.54) is 17.2 Å². The van der Waals surface area contributed by atoms with E-state index >= 15 is 0 Å². The molecule has 0 aromatic heterocycles. The van der Waals surface area contributed by atoms with E-state index in [4.69, 9.17) is 4.74 Å². The molecule has 0 heterocycles. The molecule has 2 unspecified atom stereocenters. The lowest BCUT2D eigenvalue weighted by atomic mass is 9.87. The van der Waals surface area contributed by atoms with Crippen LogP contribution in [0.25, 0.3) is 10.8 Å². The first-order chi connectivity index (χ1) is 10.2. The van der Waals surface area contributed by atoms with Gasteiger partial charge in [-0.2, -0.15) is 0 Å². The van der Waals surface area contributed by atoms with Crippen molar-refractivity contribution in [2.45, 2.75) is 39.0 Å². The van der Waals surface area contributed by atoms with E-state index in [1.54, 1.807) is 7.11 Å². The summed E-state index contributed by atoms with van der Waals surface area (Å²) < 4.78 is 5.56. The van der Waals surface area contributed by atoms with Crippen molar-refractivity contribution in [3.8, 4) is 5.75 Å². The first-order valence-electron chi connectivity index (χ1n) is 7.87. The second kappa shape index (κ2) is 7.46. The van der Waals surface area contributed by atoms with Crippen LogP contribution >= 0.6 is 0 Å². The molecule has 0 saturated heterocycles. The Labute approximate surface area is 127 Å².